The zero-order valence-corrected chi connectivity index (χ0v) is 18.4. The van der Waals surface area contributed by atoms with E-state index in [4.69, 9.17) is 9.47 Å². The van der Waals surface area contributed by atoms with Gasteiger partial charge in [0, 0.05) is 10.6 Å². The maximum absolute atomic E-state index is 12.7. The van der Waals surface area contributed by atoms with Gasteiger partial charge in [0.2, 0.25) is 5.91 Å². The van der Waals surface area contributed by atoms with E-state index in [0.29, 0.717) is 5.56 Å². The smallest absolute Gasteiger partial charge is 0.294 e. The Labute approximate surface area is 194 Å². The Hall–Kier alpha value is -3.15. The number of hydrogen-bond acceptors (Lipinski definition) is 8. The zero-order valence-electron chi connectivity index (χ0n) is 17.5. The normalized spacial score (nSPS) is 23.5. The molecule has 0 spiro atoms. The van der Waals surface area contributed by atoms with Gasteiger partial charge in [-0.25, -0.2) is 0 Å². The van der Waals surface area contributed by atoms with Gasteiger partial charge in [0.15, 0.2) is 6.10 Å². The predicted octanol–water partition coefficient (Wildman–Crippen LogP) is 1.57. The lowest BCUT2D eigenvalue weighted by atomic mass is 10.1. The van der Waals surface area contributed by atoms with Gasteiger partial charge in [-0.2, -0.15) is 0 Å². The summed E-state index contributed by atoms with van der Waals surface area (Å²) in [5.74, 6) is -0.0375. The van der Waals surface area contributed by atoms with Crippen LogP contribution in [0.1, 0.15) is 15.9 Å². The molecule has 10 nitrogen and oxygen atoms in total. The van der Waals surface area contributed by atoms with E-state index in [9.17, 15) is 19.7 Å². The van der Waals surface area contributed by atoms with Crippen LogP contribution in [0.25, 0.3) is 0 Å². The van der Waals surface area contributed by atoms with E-state index in [1.807, 2.05) is 42.5 Å². The number of thioether (sulfide) groups is 1. The van der Waals surface area contributed by atoms with E-state index in [0.717, 1.165) is 16.2 Å². The lowest BCUT2D eigenvalue weighted by Gasteiger charge is -2.18. The summed E-state index contributed by atoms with van der Waals surface area (Å²) in [6.45, 7) is -0.0678. The highest BCUT2D eigenvalue weighted by Gasteiger charge is 2.49. The molecule has 0 saturated carbocycles. The first-order valence-electron chi connectivity index (χ1n) is 10.4. The largest absolute Gasteiger partial charge is 0.371 e. The molecule has 2 aromatic carbocycles. The summed E-state index contributed by atoms with van der Waals surface area (Å²) < 4.78 is 11.0. The zero-order chi connectivity index (χ0) is 23.2. The third-order valence-electron chi connectivity index (χ3n) is 5.35. The van der Waals surface area contributed by atoms with Crippen LogP contribution in [0, 0.1) is 10.1 Å². The first kappa shape index (κ1) is 23.0. The Morgan fingerprint density at radius 2 is 1.79 bits per heavy atom. The second-order valence-electron chi connectivity index (χ2n) is 7.59. The number of nitrogens with zero attached hydrogens (tertiary/aromatic N) is 1. The van der Waals surface area contributed by atoms with Crippen molar-refractivity contribution >= 4 is 23.6 Å². The summed E-state index contributed by atoms with van der Waals surface area (Å²) in [5, 5.41) is 15.1. The van der Waals surface area contributed by atoms with E-state index in [1.165, 1.54) is 0 Å². The Morgan fingerprint density at radius 1 is 1.06 bits per heavy atom. The Bertz CT molecular complexity index is 1010. The molecule has 2 N–H and O–H groups in total. The van der Waals surface area contributed by atoms with E-state index in [1.54, 1.807) is 23.9 Å². The molecule has 0 radical (unpaired) electrons. The molecule has 0 unspecified atom stereocenters. The minimum atomic E-state index is -0.878. The molecular formula is C22H23N3O7S. The predicted molar refractivity (Wildman–Crippen MR) is 118 cm³/mol. The van der Waals surface area contributed by atoms with E-state index in [-0.39, 0.29) is 25.7 Å². The molecule has 2 heterocycles. The van der Waals surface area contributed by atoms with E-state index >= 15 is 0 Å². The molecular weight excluding hydrogens is 450 g/mol. The van der Waals surface area contributed by atoms with Crippen LogP contribution in [-0.2, 0) is 24.9 Å². The van der Waals surface area contributed by atoms with Crippen molar-refractivity contribution in [2.45, 2.75) is 35.0 Å². The van der Waals surface area contributed by atoms with Crippen LogP contribution in [-0.4, -0.2) is 61.0 Å². The Balaban J connectivity index is 1.27. The fourth-order valence-corrected chi connectivity index (χ4v) is 4.82. The minimum Gasteiger partial charge on any atom is -0.371 e. The third kappa shape index (κ3) is 5.81. The number of carbonyl (C=O) groups excluding carboxylic acids is 2. The SMILES string of the molecule is O=C(CNC(=O)c1ccccc1SCc1ccccc1)N[C@H]1CO[C@H]2[C@@H]1OC[C@@H]2O[N+](=O)[O-]. The van der Waals surface area contributed by atoms with Crippen molar-refractivity contribution in [3.05, 3.63) is 75.8 Å². The number of hydrogen-bond donors (Lipinski definition) is 2. The van der Waals surface area contributed by atoms with Crippen LogP contribution in [0.4, 0.5) is 0 Å². The molecule has 4 atom stereocenters. The number of ether oxygens (including phenoxy) is 2. The van der Waals surface area contributed by atoms with Crippen molar-refractivity contribution in [2.24, 2.45) is 0 Å². The highest BCUT2D eigenvalue weighted by Crippen LogP contribution is 2.29. The Kier molecular flexibility index (Phi) is 7.43. The maximum atomic E-state index is 12.7. The van der Waals surface area contributed by atoms with Crippen molar-refractivity contribution in [1.82, 2.24) is 10.6 Å². The molecule has 2 saturated heterocycles. The van der Waals surface area contributed by atoms with Gasteiger partial charge in [-0.3, -0.25) is 9.59 Å². The summed E-state index contributed by atoms with van der Waals surface area (Å²) >= 11 is 1.55. The van der Waals surface area contributed by atoms with Crippen molar-refractivity contribution in [3.8, 4) is 0 Å². The summed E-state index contributed by atoms with van der Waals surface area (Å²) in [4.78, 5) is 41.1. The quantitative estimate of drug-likeness (QED) is 0.319. The number of nitrogens with one attached hydrogen (secondary N) is 2. The lowest BCUT2D eigenvalue weighted by molar-refractivity contribution is -0.769. The standard InChI is InChI=1S/C22H23N3O7S/c26-19(24-16-11-30-21-17(32-25(28)29)12-31-20(16)21)10-23-22(27)15-8-4-5-9-18(15)33-13-14-6-2-1-3-7-14/h1-9,16-17,20-21H,10-13H2,(H,23,27)(H,24,26)/t16-,17-,20+,21+/m0/s1. The topological polar surface area (TPSA) is 129 Å². The number of benzene rings is 2. The lowest BCUT2D eigenvalue weighted by Crippen LogP contribution is -2.47. The molecule has 2 aliphatic heterocycles. The van der Waals surface area contributed by atoms with Crippen molar-refractivity contribution < 1.29 is 29.0 Å². The first-order valence-corrected chi connectivity index (χ1v) is 11.4. The van der Waals surface area contributed by atoms with Crippen molar-refractivity contribution in [2.75, 3.05) is 19.8 Å². The monoisotopic (exact) mass is 473 g/mol. The fourth-order valence-electron chi connectivity index (χ4n) is 3.82. The van der Waals surface area contributed by atoms with Crippen LogP contribution < -0.4 is 10.6 Å². The second-order valence-corrected chi connectivity index (χ2v) is 8.61. The van der Waals surface area contributed by atoms with Gasteiger partial charge >= 0.3 is 0 Å². The van der Waals surface area contributed by atoms with Gasteiger partial charge in [0.05, 0.1) is 31.4 Å². The molecule has 0 bridgehead atoms. The average molecular weight is 474 g/mol. The van der Waals surface area contributed by atoms with E-state index in [2.05, 4.69) is 15.5 Å². The molecule has 2 amide bonds. The second kappa shape index (κ2) is 10.6. The van der Waals surface area contributed by atoms with Crippen LogP contribution in [0.2, 0.25) is 0 Å². The molecule has 2 aromatic rings. The Morgan fingerprint density at radius 3 is 2.58 bits per heavy atom. The van der Waals surface area contributed by atoms with Gasteiger partial charge in [-0.1, -0.05) is 42.5 Å². The summed E-state index contributed by atoms with van der Waals surface area (Å²) in [6, 6.07) is 16.7. The first-order chi connectivity index (χ1) is 16.0. The van der Waals surface area contributed by atoms with Crippen LogP contribution in [0.3, 0.4) is 0 Å². The highest BCUT2D eigenvalue weighted by molar-refractivity contribution is 7.98. The van der Waals surface area contributed by atoms with Gasteiger partial charge in [0.1, 0.15) is 12.2 Å². The maximum Gasteiger partial charge on any atom is 0.294 e. The molecule has 11 heteroatoms. The average Bonchev–Trinajstić information content (AvgIpc) is 3.40. The molecule has 2 aliphatic rings. The summed E-state index contributed by atoms with van der Waals surface area (Å²) in [5.41, 5.74) is 1.64. The van der Waals surface area contributed by atoms with Crippen LogP contribution in [0.15, 0.2) is 59.5 Å². The van der Waals surface area contributed by atoms with Gasteiger partial charge in [0.25, 0.3) is 11.0 Å². The number of carbonyl (C=O) groups is 2. The fraction of sp³-hybridized carbons (Fsp3) is 0.364. The number of amides is 2. The van der Waals surface area contributed by atoms with E-state index < -0.39 is 35.3 Å². The minimum absolute atomic E-state index is 0.0108. The van der Waals surface area contributed by atoms with Gasteiger partial charge in [-0.15, -0.1) is 21.9 Å². The van der Waals surface area contributed by atoms with Crippen molar-refractivity contribution in [1.29, 1.82) is 0 Å². The molecule has 2 fully saturated rings. The van der Waals surface area contributed by atoms with Crippen molar-refractivity contribution in [3.63, 3.8) is 0 Å². The number of rotatable bonds is 9. The highest BCUT2D eigenvalue weighted by atomic mass is 32.2. The number of fused-ring (bicyclic) bond motifs is 1. The molecule has 174 valence electrons. The summed E-state index contributed by atoms with van der Waals surface area (Å²) in [6.07, 6.45) is -1.98. The van der Waals surface area contributed by atoms with Gasteiger partial charge in [-0.05, 0) is 17.7 Å². The molecule has 4 rings (SSSR count). The molecule has 33 heavy (non-hydrogen) atoms. The summed E-state index contributed by atoms with van der Waals surface area (Å²) in [7, 11) is 0. The van der Waals surface area contributed by atoms with Crippen LogP contribution in [0.5, 0.6) is 0 Å². The molecule has 0 aromatic heterocycles. The third-order valence-corrected chi connectivity index (χ3v) is 6.50. The van der Waals surface area contributed by atoms with Crippen LogP contribution >= 0.6 is 11.8 Å². The van der Waals surface area contributed by atoms with Gasteiger partial charge < -0.3 is 24.9 Å². The molecule has 0 aliphatic carbocycles.